The van der Waals surface area contributed by atoms with Crippen LogP contribution in [0.2, 0.25) is 5.15 Å². The van der Waals surface area contributed by atoms with Crippen LogP contribution in [0.15, 0.2) is 30.6 Å². The van der Waals surface area contributed by atoms with Gasteiger partial charge >= 0.3 is 0 Å². The molecule has 0 spiro atoms. The van der Waals surface area contributed by atoms with Crippen LogP contribution in [0.1, 0.15) is 0 Å². The summed E-state index contributed by atoms with van der Waals surface area (Å²) in [5, 5.41) is 3.72. The van der Waals surface area contributed by atoms with E-state index in [4.69, 9.17) is 16.3 Å². The predicted molar refractivity (Wildman–Crippen MR) is 86.0 cm³/mol. The van der Waals surface area contributed by atoms with Crippen molar-refractivity contribution in [3.63, 3.8) is 0 Å². The maximum Gasteiger partial charge on any atom is 0.164 e. The average molecular weight is 320 g/mol. The van der Waals surface area contributed by atoms with Crippen LogP contribution >= 0.6 is 11.6 Å². The molecule has 6 nitrogen and oxygen atoms in total. The highest BCUT2D eigenvalue weighted by Gasteiger charge is 2.10. The van der Waals surface area contributed by atoms with Gasteiger partial charge in [-0.05, 0) is 12.1 Å². The van der Waals surface area contributed by atoms with Gasteiger partial charge in [0.2, 0.25) is 0 Å². The molecule has 0 unspecified atom stereocenters. The van der Waals surface area contributed by atoms with Crippen molar-refractivity contribution in [3.8, 4) is 11.4 Å². The molecule has 0 amide bonds. The monoisotopic (exact) mass is 319 g/mol. The van der Waals surface area contributed by atoms with E-state index in [2.05, 4.69) is 25.2 Å². The van der Waals surface area contributed by atoms with Crippen LogP contribution in [0.3, 0.4) is 0 Å². The number of nitrogens with zero attached hydrogens (tertiary/aromatic N) is 4. The summed E-state index contributed by atoms with van der Waals surface area (Å²) < 4.78 is 5.34. The third-order valence-electron chi connectivity index (χ3n) is 3.45. The summed E-state index contributed by atoms with van der Waals surface area (Å²) in [5.41, 5.74) is 0.848. The number of halogens is 1. The summed E-state index contributed by atoms with van der Waals surface area (Å²) in [7, 11) is 0. The Kier molecular flexibility index (Phi) is 5.15. The molecule has 0 atom stereocenters. The van der Waals surface area contributed by atoms with Gasteiger partial charge in [0.15, 0.2) is 5.82 Å². The van der Waals surface area contributed by atoms with Gasteiger partial charge in [0, 0.05) is 50.2 Å². The first-order valence-corrected chi connectivity index (χ1v) is 7.68. The highest BCUT2D eigenvalue weighted by atomic mass is 35.5. The molecular formula is C15H18ClN5O. The van der Waals surface area contributed by atoms with E-state index in [-0.39, 0.29) is 0 Å². The fraction of sp³-hybridized carbons (Fsp3) is 0.400. The number of hydrogen-bond acceptors (Lipinski definition) is 6. The van der Waals surface area contributed by atoms with Gasteiger partial charge in [0.05, 0.1) is 13.2 Å². The molecule has 0 aliphatic carbocycles. The highest BCUT2D eigenvalue weighted by molar-refractivity contribution is 6.29. The number of hydrogen-bond donors (Lipinski definition) is 1. The van der Waals surface area contributed by atoms with Gasteiger partial charge in [-0.2, -0.15) is 0 Å². The van der Waals surface area contributed by atoms with Crippen molar-refractivity contribution in [1.82, 2.24) is 19.9 Å². The van der Waals surface area contributed by atoms with Gasteiger partial charge in [-0.15, -0.1) is 0 Å². The molecule has 1 fully saturated rings. The van der Waals surface area contributed by atoms with Gasteiger partial charge in [-0.1, -0.05) is 11.6 Å². The Morgan fingerprint density at radius 3 is 2.91 bits per heavy atom. The van der Waals surface area contributed by atoms with Gasteiger partial charge in [-0.25, -0.2) is 9.97 Å². The molecule has 7 heteroatoms. The van der Waals surface area contributed by atoms with E-state index in [1.807, 2.05) is 12.1 Å². The van der Waals surface area contributed by atoms with Crippen molar-refractivity contribution >= 4 is 17.4 Å². The Hall–Kier alpha value is -1.76. The van der Waals surface area contributed by atoms with E-state index >= 15 is 0 Å². The second-order valence-corrected chi connectivity index (χ2v) is 5.41. The number of anilines is 1. The maximum absolute atomic E-state index is 6.09. The van der Waals surface area contributed by atoms with Crippen LogP contribution in [0.4, 0.5) is 5.82 Å². The first-order chi connectivity index (χ1) is 10.8. The van der Waals surface area contributed by atoms with E-state index in [1.54, 1.807) is 18.5 Å². The van der Waals surface area contributed by atoms with Crippen LogP contribution in [0.25, 0.3) is 11.4 Å². The van der Waals surface area contributed by atoms with E-state index in [0.29, 0.717) is 11.0 Å². The van der Waals surface area contributed by atoms with Crippen LogP contribution in [0, 0.1) is 0 Å². The number of pyridine rings is 1. The first-order valence-electron chi connectivity index (χ1n) is 7.30. The molecule has 116 valence electrons. The van der Waals surface area contributed by atoms with Crippen LogP contribution < -0.4 is 5.32 Å². The Morgan fingerprint density at radius 2 is 2.14 bits per heavy atom. The lowest BCUT2D eigenvalue weighted by Crippen LogP contribution is -2.39. The lowest BCUT2D eigenvalue weighted by molar-refractivity contribution is 0.0398. The Bertz CT molecular complexity index is 604. The minimum Gasteiger partial charge on any atom is -0.379 e. The third-order valence-corrected chi connectivity index (χ3v) is 3.65. The van der Waals surface area contributed by atoms with E-state index < -0.39 is 0 Å². The lowest BCUT2D eigenvalue weighted by atomic mass is 10.3. The Balaban J connectivity index is 1.62. The summed E-state index contributed by atoms with van der Waals surface area (Å²) in [5.74, 6) is 1.31. The van der Waals surface area contributed by atoms with Crippen LogP contribution in [-0.4, -0.2) is 59.2 Å². The number of aromatic nitrogens is 3. The lowest BCUT2D eigenvalue weighted by Gasteiger charge is -2.26. The van der Waals surface area contributed by atoms with Gasteiger partial charge in [0.1, 0.15) is 11.0 Å². The zero-order valence-electron chi connectivity index (χ0n) is 12.2. The molecule has 1 saturated heterocycles. The van der Waals surface area contributed by atoms with Gasteiger partial charge in [0.25, 0.3) is 0 Å². The minimum atomic E-state index is 0.419. The molecule has 3 rings (SSSR count). The molecule has 1 N–H and O–H groups in total. The summed E-state index contributed by atoms with van der Waals surface area (Å²) in [4.78, 5) is 15.2. The zero-order chi connectivity index (χ0) is 15.2. The van der Waals surface area contributed by atoms with Crippen molar-refractivity contribution < 1.29 is 4.74 Å². The van der Waals surface area contributed by atoms with Gasteiger partial charge < -0.3 is 10.1 Å². The predicted octanol–water partition coefficient (Wildman–Crippen LogP) is 1.94. The third kappa shape index (κ3) is 4.13. The molecule has 22 heavy (non-hydrogen) atoms. The highest BCUT2D eigenvalue weighted by Crippen LogP contribution is 2.19. The second kappa shape index (κ2) is 7.49. The smallest absolute Gasteiger partial charge is 0.164 e. The molecule has 0 radical (unpaired) electrons. The van der Waals surface area contributed by atoms with E-state index in [0.717, 1.165) is 50.8 Å². The number of morpholine rings is 1. The quantitative estimate of drug-likeness (QED) is 0.850. The van der Waals surface area contributed by atoms with Gasteiger partial charge in [-0.3, -0.25) is 9.88 Å². The largest absolute Gasteiger partial charge is 0.379 e. The molecular weight excluding hydrogens is 302 g/mol. The first kappa shape index (κ1) is 15.1. The summed E-state index contributed by atoms with van der Waals surface area (Å²) in [6.07, 6.45) is 3.44. The Labute approximate surface area is 134 Å². The van der Waals surface area contributed by atoms with E-state index in [9.17, 15) is 0 Å². The number of nitrogens with one attached hydrogen (secondary N) is 1. The summed E-state index contributed by atoms with van der Waals surface area (Å²) in [6.45, 7) is 5.34. The van der Waals surface area contributed by atoms with Crippen molar-refractivity contribution in [2.45, 2.75) is 0 Å². The van der Waals surface area contributed by atoms with E-state index in [1.165, 1.54) is 0 Å². The van der Waals surface area contributed by atoms with Crippen molar-refractivity contribution in [2.75, 3.05) is 44.7 Å². The summed E-state index contributed by atoms with van der Waals surface area (Å²) >= 11 is 6.09. The molecule has 2 aromatic rings. The average Bonchev–Trinajstić information content (AvgIpc) is 2.56. The maximum atomic E-state index is 6.09. The topological polar surface area (TPSA) is 63.2 Å². The second-order valence-electron chi connectivity index (χ2n) is 5.02. The fourth-order valence-electron chi connectivity index (χ4n) is 2.30. The standard InChI is InChI=1S/C15H18ClN5O/c16-13-10-14(18-4-5-21-6-8-22-9-7-21)20-15(19-13)12-2-1-3-17-11-12/h1-3,10-11H,4-9H2,(H,18,19,20). The molecule has 3 heterocycles. The van der Waals surface area contributed by atoms with Crippen LogP contribution in [-0.2, 0) is 4.74 Å². The molecule has 0 bridgehead atoms. The SMILES string of the molecule is Clc1cc(NCCN2CCOCC2)nc(-c2cccnc2)n1. The molecule has 0 aromatic carbocycles. The van der Waals surface area contributed by atoms with Crippen molar-refractivity contribution in [1.29, 1.82) is 0 Å². The number of ether oxygens (including phenoxy) is 1. The Morgan fingerprint density at radius 1 is 1.27 bits per heavy atom. The minimum absolute atomic E-state index is 0.419. The molecule has 1 aliphatic heterocycles. The molecule has 2 aromatic heterocycles. The van der Waals surface area contributed by atoms with Crippen molar-refractivity contribution in [2.24, 2.45) is 0 Å². The number of rotatable bonds is 5. The molecule has 0 saturated carbocycles. The summed E-state index contributed by atoms with van der Waals surface area (Å²) in [6, 6.07) is 5.50. The van der Waals surface area contributed by atoms with Crippen LogP contribution in [0.5, 0.6) is 0 Å². The van der Waals surface area contributed by atoms with Crippen molar-refractivity contribution in [3.05, 3.63) is 35.7 Å². The molecule has 1 aliphatic rings. The fourth-order valence-corrected chi connectivity index (χ4v) is 2.48. The normalized spacial score (nSPS) is 15.7. The zero-order valence-corrected chi connectivity index (χ0v) is 13.0.